The zero-order chi connectivity index (χ0) is 16.1. The molecule has 0 aromatic heterocycles. The summed E-state index contributed by atoms with van der Waals surface area (Å²) in [6.07, 6.45) is 1.52. The fraction of sp³-hybridized carbons (Fsp3) is 0.500. The Bertz CT molecular complexity index is 637. The summed E-state index contributed by atoms with van der Waals surface area (Å²) in [5.74, 6) is 0.0485. The number of ketones is 2. The van der Waals surface area contributed by atoms with Gasteiger partial charge in [0.05, 0.1) is 5.70 Å². The van der Waals surface area contributed by atoms with E-state index in [0.717, 1.165) is 39.3 Å². The van der Waals surface area contributed by atoms with Gasteiger partial charge in [-0.2, -0.15) is 0 Å². The van der Waals surface area contributed by atoms with Crippen LogP contribution in [0.4, 0.5) is 0 Å². The SMILES string of the molecule is O=C1C=C(N2CC2)C(=O)C(N2CC2)=C1N1CC1.O=P([O-])(O)O.[Na+]. The summed E-state index contributed by atoms with van der Waals surface area (Å²) in [5.41, 5.74) is 1.89. The van der Waals surface area contributed by atoms with Crippen LogP contribution in [0.5, 0.6) is 0 Å². The molecule has 3 saturated heterocycles. The van der Waals surface area contributed by atoms with Crippen molar-refractivity contribution in [3.8, 4) is 0 Å². The zero-order valence-corrected chi connectivity index (χ0v) is 15.5. The summed E-state index contributed by atoms with van der Waals surface area (Å²) < 4.78 is 8.77. The van der Waals surface area contributed by atoms with Gasteiger partial charge in [-0.25, -0.2) is 0 Å². The van der Waals surface area contributed by atoms with E-state index in [4.69, 9.17) is 19.2 Å². The van der Waals surface area contributed by atoms with Crippen LogP contribution in [0.2, 0.25) is 0 Å². The largest absolute Gasteiger partial charge is 1.00 e. The van der Waals surface area contributed by atoms with E-state index in [1.165, 1.54) is 6.08 Å². The molecule has 4 rings (SSSR count). The van der Waals surface area contributed by atoms with Gasteiger partial charge < -0.3 is 29.4 Å². The summed E-state index contributed by atoms with van der Waals surface area (Å²) in [6.45, 7) is 5.41. The van der Waals surface area contributed by atoms with Crippen molar-refractivity contribution in [2.24, 2.45) is 0 Å². The smallest absolute Gasteiger partial charge is 0.756 e. The summed E-state index contributed by atoms with van der Waals surface area (Å²) in [7, 11) is -4.89. The fourth-order valence-electron chi connectivity index (χ4n) is 2.28. The van der Waals surface area contributed by atoms with Crippen molar-refractivity contribution in [2.75, 3.05) is 39.3 Å². The van der Waals surface area contributed by atoms with Crippen molar-refractivity contribution in [3.05, 3.63) is 23.2 Å². The normalized spacial score (nSPS) is 22.2. The van der Waals surface area contributed by atoms with Crippen molar-refractivity contribution in [1.29, 1.82) is 0 Å². The number of carbonyl (C=O) groups is 2. The Balaban J connectivity index is 0.000000284. The third-order valence-corrected chi connectivity index (χ3v) is 3.49. The van der Waals surface area contributed by atoms with Crippen molar-refractivity contribution < 1.29 is 58.4 Å². The van der Waals surface area contributed by atoms with Gasteiger partial charge in [-0.3, -0.25) is 14.2 Å². The second-order valence-corrected chi connectivity index (χ2v) is 6.35. The summed E-state index contributed by atoms with van der Waals surface area (Å²) >= 11 is 0. The van der Waals surface area contributed by atoms with E-state index in [9.17, 15) is 9.59 Å². The third kappa shape index (κ3) is 4.90. The average Bonchev–Trinajstić information content (AvgIpc) is 3.24. The van der Waals surface area contributed by atoms with E-state index >= 15 is 0 Å². The second-order valence-electron chi connectivity index (χ2n) is 5.37. The molecule has 3 heterocycles. The Kier molecular flexibility index (Phi) is 5.42. The van der Waals surface area contributed by atoms with Crippen LogP contribution in [0.3, 0.4) is 0 Å². The van der Waals surface area contributed by atoms with Gasteiger partial charge in [0.15, 0.2) is 0 Å². The maximum Gasteiger partial charge on any atom is 1.00 e. The van der Waals surface area contributed by atoms with Gasteiger partial charge in [0.25, 0.3) is 7.82 Å². The molecule has 1 aliphatic carbocycles. The van der Waals surface area contributed by atoms with E-state index < -0.39 is 7.82 Å². The van der Waals surface area contributed by atoms with Gasteiger partial charge in [0, 0.05) is 45.3 Å². The number of rotatable bonds is 3. The quantitative estimate of drug-likeness (QED) is 0.222. The van der Waals surface area contributed by atoms with Crippen LogP contribution in [0, 0.1) is 0 Å². The van der Waals surface area contributed by atoms with Crippen LogP contribution in [0.25, 0.3) is 0 Å². The van der Waals surface area contributed by atoms with E-state index in [1.807, 2.05) is 14.7 Å². The zero-order valence-electron chi connectivity index (χ0n) is 12.6. The van der Waals surface area contributed by atoms with E-state index in [2.05, 4.69) is 0 Å². The van der Waals surface area contributed by atoms with E-state index in [-0.39, 0.29) is 41.1 Å². The van der Waals surface area contributed by atoms with Crippen molar-refractivity contribution >= 4 is 19.4 Å². The molecule has 4 aliphatic rings. The molecule has 0 aromatic carbocycles. The molecule has 0 bridgehead atoms. The Hall–Kier alpha value is -0.670. The monoisotopic (exact) mass is 351 g/mol. The molecule has 0 aromatic rings. The van der Waals surface area contributed by atoms with Crippen LogP contribution in [-0.4, -0.2) is 75.3 Å². The molecule has 0 unspecified atom stereocenters. The van der Waals surface area contributed by atoms with Crippen LogP contribution >= 0.6 is 7.82 Å². The molecule has 0 amide bonds. The molecule has 0 atom stereocenters. The van der Waals surface area contributed by atoms with Gasteiger partial charge in [-0.15, -0.1) is 0 Å². The maximum absolute atomic E-state index is 12.4. The van der Waals surface area contributed by atoms with E-state index in [1.54, 1.807) is 0 Å². The molecule has 3 fully saturated rings. The fourth-order valence-corrected chi connectivity index (χ4v) is 2.28. The molecule has 0 spiro atoms. The first-order valence-corrected chi connectivity index (χ1v) is 8.35. The number of Topliss-reactive ketones (excluding diaryl/α,β-unsaturated/α-hetero) is 1. The summed E-state index contributed by atoms with van der Waals surface area (Å²) in [4.78, 5) is 53.4. The van der Waals surface area contributed by atoms with Crippen LogP contribution in [0.15, 0.2) is 23.2 Å². The minimum atomic E-state index is -4.89. The Labute approximate surface area is 154 Å². The Morgan fingerprint density at radius 3 is 1.70 bits per heavy atom. The van der Waals surface area contributed by atoms with Crippen LogP contribution < -0.4 is 34.5 Å². The third-order valence-electron chi connectivity index (χ3n) is 3.49. The second kappa shape index (κ2) is 6.68. The van der Waals surface area contributed by atoms with Gasteiger partial charge in [-0.1, -0.05) is 0 Å². The molecular weight excluding hydrogens is 336 g/mol. The topological polar surface area (TPSA) is 124 Å². The first-order chi connectivity index (χ1) is 10.3. The minimum absolute atomic E-state index is 0. The molecule has 3 aliphatic heterocycles. The minimum Gasteiger partial charge on any atom is -0.756 e. The average molecular weight is 351 g/mol. The predicted molar refractivity (Wildman–Crippen MR) is 71.9 cm³/mol. The molecule has 23 heavy (non-hydrogen) atoms. The molecule has 9 nitrogen and oxygen atoms in total. The molecule has 2 N–H and O–H groups in total. The van der Waals surface area contributed by atoms with Gasteiger partial charge >= 0.3 is 29.6 Å². The molecule has 11 heteroatoms. The first kappa shape index (κ1) is 18.7. The van der Waals surface area contributed by atoms with Crippen LogP contribution in [0.1, 0.15) is 0 Å². The summed E-state index contributed by atoms with van der Waals surface area (Å²) in [5, 5.41) is 0. The Morgan fingerprint density at radius 2 is 1.30 bits per heavy atom. The first-order valence-electron chi connectivity index (χ1n) is 6.82. The molecular formula is C12H15N3NaO6P. The van der Waals surface area contributed by atoms with Crippen molar-refractivity contribution in [2.45, 2.75) is 0 Å². The number of carbonyl (C=O) groups excluding carboxylic acids is 2. The van der Waals surface area contributed by atoms with Crippen molar-refractivity contribution in [3.63, 3.8) is 0 Å². The number of nitrogens with zero attached hydrogens (tertiary/aromatic N) is 3. The van der Waals surface area contributed by atoms with Gasteiger partial charge in [-0.05, 0) is 0 Å². The Morgan fingerprint density at radius 1 is 0.913 bits per heavy atom. The predicted octanol–water partition coefficient (Wildman–Crippen LogP) is -5.38. The molecule has 0 saturated carbocycles. The maximum atomic E-state index is 12.4. The van der Waals surface area contributed by atoms with Crippen LogP contribution in [-0.2, 0) is 14.2 Å². The standard InChI is InChI=1S/C12H13N3O2.Na.H3O4P/c16-9-7-8(13-1-2-13)12(17)11(15-5-6-15)10(9)14-3-4-14;;1-5(2,3)4/h7H,1-6H2;;(H3,1,2,3,4)/q;+1;/p-1. The number of allylic oxidation sites excluding steroid dienone is 1. The summed E-state index contributed by atoms with van der Waals surface area (Å²) in [6, 6.07) is 0. The molecule has 120 valence electrons. The molecule has 0 radical (unpaired) electrons. The number of hydrogen-bond acceptors (Lipinski definition) is 7. The number of hydrogen-bond donors (Lipinski definition) is 2. The van der Waals surface area contributed by atoms with Gasteiger partial charge in [0.2, 0.25) is 11.6 Å². The van der Waals surface area contributed by atoms with Crippen molar-refractivity contribution in [1.82, 2.24) is 14.7 Å². The number of phosphoric acid groups is 1. The van der Waals surface area contributed by atoms with Gasteiger partial charge in [0.1, 0.15) is 11.4 Å². The van der Waals surface area contributed by atoms with E-state index in [0.29, 0.717) is 17.1 Å².